The van der Waals surface area contributed by atoms with Gasteiger partial charge in [0.05, 0.1) is 6.42 Å². The van der Waals surface area contributed by atoms with Crippen molar-refractivity contribution in [2.75, 3.05) is 6.61 Å². The van der Waals surface area contributed by atoms with Crippen LogP contribution in [-0.4, -0.2) is 27.8 Å². The largest absolute Gasteiger partial charge is 0.460 e. The molecule has 2 aromatic heterocycles. The Labute approximate surface area is 110 Å². The van der Waals surface area contributed by atoms with E-state index in [-0.39, 0.29) is 6.61 Å². The molecule has 6 nitrogen and oxygen atoms in total. The summed E-state index contributed by atoms with van der Waals surface area (Å²) in [7, 11) is 0. The molecule has 0 amide bonds. The van der Waals surface area contributed by atoms with Crippen LogP contribution in [-0.2, 0) is 11.2 Å². The number of rotatable bonds is 4. The summed E-state index contributed by atoms with van der Waals surface area (Å²) in [5.74, 6) is 0.513. The Kier molecular flexibility index (Phi) is 3.89. The number of esters is 1. The minimum absolute atomic E-state index is 0.190. The van der Waals surface area contributed by atoms with Gasteiger partial charge in [0.1, 0.15) is 12.3 Å². The molecule has 6 heteroatoms. The molecule has 0 saturated heterocycles. The van der Waals surface area contributed by atoms with Crippen LogP contribution in [0.5, 0.6) is 0 Å². The fourth-order valence-electron chi connectivity index (χ4n) is 1.69. The van der Waals surface area contributed by atoms with Crippen molar-refractivity contribution in [1.29, 1.82) is 0 Å². The zero-order valence-electron chi connectivity index (χ0n) is 11.1. The molecule has 100 valence electrons. The first kappa shape index (κ1) is 13.2. The van der Waals surface area contributed by atoms with Crippen molar-refractivity contribution in [3.8, 4) is 0 Å². The molecule has 0 spiro atoms. The van der Waals surface area contributed by atoms with E-state index in [9.17, 15) is 4.79 Å². The quantitative estimate of drug-likeness (QED) is 0.781. The van der Waals surface area contributed by atoms with Gasteiger partial charge < -0.3 is 9.15 Å². The van der Waals surface area contributed by atoms with Gasteiger partial charge in [-0.2, -0.15) is 0 Å². The predicted octanol–water partition coefficient (Wildman–Crippen LogP) is 1.79. The summed E-state index contributed by atoms with van der Waals surface area (Å²) >= 11 is 0. The summed E-state index contributed by atoms with van der Waals surface area (Å²) in [6.45, 7) is 5.65. The zero-order chi connectivity index (χ0) is 13.8. The smallest absolute Gasteiger partial charge is 0.356 e. The second-order valence-electron chi connectivity index (χ2n) is 4.27. The lowest BCUT2D eigenvalue weighted by molar-refractivity contribution is 0.0496. The van der Waals surface area contributed by atoms with Crippen molar-refractivity contribution < 1.29 is 13.9 Å². The van der Waals surface area contributed by atoms with E-state index in [0.29, 0.717) is 23.9 Å². The van der Waals surface area contributed by atoms with Gasteiger partial charge in [0, 0.05) is 12.6 Å². The summed E-state index contributed by atoms with van der Waals surface area (Å²) in [4.78, 5) is 15.9. The summed E-state index contributed by atoms with van der Waals surface area (Å²) in [5, 5.41) is 7.52. The average molecular weight is 261 g/mol. The van der Waals surface area contributed by atoms with Crippen LogP contribution in [0.1, 0.15) is 33.5 Å². The molecule has 0 aliphatic heterocycles. The molecular formula is C13H15N3O3. The van der Waals surface area contributed by atoms with E-state index in [4.69, 9.17) is 9.15 Å². The van der Waals surface area contributed by atoms with E-state index >= 15 is 0 Å². The Morgan fingerprint density at radius 1 is 1.26 bits per heavy atom. The Balaban J connectivity index is 1.90. The first-order chi connectivity index (χ1) is 9.04. The molecule has 0 aromatic carbocycles. The fourth-order valence-corrected chi connectivity index (χ4v) is 1.69. The lowest BCUT2D eigenvalue weighted by atomic mass is 10.2. The van der Waals surface area contributed by atoms with E-state index in [0.717, 1.165) is 11.3 Å². The normalized spacial score (nSPS) is 10.5. The van der Waals surface area contributed by atoms with E-state index in [2.05, 4.69) is 15.2 Å². The predicted molar refractivity (Wildman–Crippen MR) is 66.7 cm³/mol. The van der Waals surface area contributed by atoms with E-state index in [1.165, 1.54) is 0 Å². The van der Waals surface area contributed by atoms with Crippen molar-refractivity contribution in [3.05, 3.63) is 40.9 Å². The number of hydrogen-bond acceptors (Lipinski definition) is 6. The average Bonchev–Trinajstić information content (AvgIpc) is 2.73. The number of aryl methyl sites for hydroxylation is 3. The maximum Gasteiger partial charge on any atom is 0.356 e. The van der Waals surface area contributed by atoms with Gasteiger partial charge in [-0.25, -0.2) is 9.78 Å². The fraction of sp³-hybridized carbons (Fsp3) is 0.385. The number of pyridine rings is 1. The summed E-state index contributed by atoms with van der Waals surface area (Å²) in [6, 6.07) is 3.60. The minimum Gasteiger partial charge on any atom is -0.460 e. The number of aromatic nitrogens is 3. The maximum absolute atomic E-state index is 11.8. The van der Waals surface area contributed by atoms with Crippen molar-refractivity contribution in [3.63, 3.8) is 0 Å². The van der Waals surface area contributed by atoms with Gasteiger partial charge in [0.15, 0.2) is 0 Å². The van der Waals surface area contributed by atoms with Gasteiger partial charge in [-0.1, -0.05) is 0 Å². The van der Waals surface area contributed by atoms with Crippen LogP contribution in [0, 0.1) is 20.8 Å². The highest BCUT2D eigenvalue weighted by Crippen LogP contribution is 2.06. The van der Waals surface area contributed by atoms with Crippen LogP contribution in [0.2, 0.25) is 0 Å². The monoisotopic (exact) mass is 261 g/mol. The molecule has 0 unspecified atom stereocenters. The lowest BCUT2D eigenvalue weighted by Gasteiger charge is -2.04. The Hall–Kier alpha value is -2.24. The van der Waals surface area contributed by atoms with Crippen molar-refractivity contribution in [1.82, 2.24) is 15.2 Å². The summed E-state index contributed by atoms with van der Waals surface area (Å²) < 4.78 is 10.3. The van der Waals surface area contributed by atoms with Crippen molar-refractivity contribution in [2.45, 2.75) is 27.2 Å². The molecule has 2 heterocycles. The van der Waals surface area contributed by atoms with Crippen molar-refractivity contribution >= 4 is 5.97 Å². The van der Waals surface area contributed by atoms with Crippen LogP contribution in [0.25, 0.3) is 0 Å². The number of carbonyl (C=O) groups excluding carboxylic acids is 1. The standard InChI is InChI=1S/C13H15N3O3/c1-8-6-9(2)14-11(7-8)13(17)18-5-4-12-16-15-10(3)19-12/h6-7H,4-5H2,1-3H3. The molecule has 0 atom stereocenters. The van der Waals surface area contributed by atoms with Crippen LogP contribution in [0.3, 0.4) is 0 Å². The number of carbonyl (C=O) groups is 1. The molecule has 0 bridgehead atoms. The Morgan fingerprint density at radius 3 is 2.68 bits per heavy atom. The first-order valence-electron chi connectivity index (χ1n) is 5.96. The third-order valence-corrected chi connectivity index (χ3v) is 2.42. The molecule has 0 saturated carbocycles. The molecule has 0 aliphatic carbocycles. The second kappa shape index (κ2) is 5.60. The van der Waals surface area contributed by atoms with Crippen molar-refractivity contribution in [2.24, 2.45) is 0 Å². The SMILES string of the molecule is Cc1cc(C)nc(C(=O)OCCc2nnc(C)o2)c1. The molecule has 0 N–H and O–H groups in total. The molecule has 0 fully saturated rings. The maximum atomic E-state index is 11.8. The number of nitrogens with zero attached hydrogens (tertiary/aromatic N) is 3. The van der Waals surface area contributed by atoms with E-state index < -0.39 is 5.97 Å². The van der Waals surface area contributed by atoms with Crippen LogP contribution in [0.15, 0.2) is 16.5 Å². The van der Waals surface area contributed by atoms with Gasteiger partial charge in [-0.05, 0) is 31.5 Å². The van der Waals surface area contributed by atoms with Gasteiger partial charge in [-0.3, -0.25) is 0 Å². The highest BCUT2D eigenvalue weighted by atomic mass is 16.5. The topological polar surface area (TPSA) is 78.1 Å². The van der Waals surface area contributed by atoms with E-state index in [1.54, 1.807) is 13.0 Å². The van der Waals surface area contributed by atoms with Gasteiger partial charge in [-0.15, -0.1) is 10.2 Å². The van der Waals surface area contributed by atoms with Crippen LogP contribution >= 0.6 is 0 Å². The van der Waals surface area contributed by atoms with E-state index in [1.807, 2.05) is 19.9 Å². The minimum atomic E-state index is -0.442. The highest BCUT2D eigenvalue weighted by molar-refractivity contribution is 5.87. The molecule has 2 aromatic rings. The van der Waals surface area contributed by atoms with Gasteiger partial charge in [0.25, 0.3) is 0 Å². The third-order valence-electron chi connectivity index (χ3n) is 2.42. The molecule has 19 heavy (non-hydrogen) atoms. The summed E-state index contributed by atoms with van der Waals surface area (Å²) in [5.41, 5.74) is 2.09. The second-order valence-corrected chi connectivity index (χ2v) is 4.27. The highest BCUT2D eigenvalue weighted by Gasteiger charge is 2.11. The Morgan fingerprint density at radius 2 is 2.05 bits per heavy atom. The summed E-state index contributed by atoms with van der Waals surface area (Å²) in [6.07, 6.45) is 0.400. The third kappa shape index (κ3) is 3.61. The zero-order valence-corrected chi connectivity index (χ0v) is 11.1. The molecular weight excluding hydrogens is 246 g/mol. The van der Waals surface area contributed by atoms with Gasteiger partial charge >= 0.3 is 5.97 Å². The Bertz CT molecular complexity index is 572. The molecule has 0 aliphatic rings. The van der Waals surface area contributed by atoms with Crippen LogP contribution in [0.4, 0.5) is 0 Å². The van der Waals surface area contributed by atoms with Gasteiger partial charge in [0.2, 0.25) is 11.8 Å². The lowest BCUT2D eigenvalue weighted by Crippen LogP contribution is -2.11. The van der Waals surface area contributed by atoms with Crippen LogP contribution < -0.4 is 0 Å². The number of ether oxygens (including phenoxy) is 1. The molecule has 0 radical (unpaired) electrons. The first-order valence-corrected chi connectivity index (χ1v) is 5.96. The molecule has 2 rings (SSSR count). The number of hydrogen-bond donors (Lipinski definition) is 0.